The largest absolute Gasteiger partial charge is 0.503 e. The van der Waals surface area contributed by atoms with Gasteiger partial charge in [0.05, 0.1) is 22.3 Å². The average Bonchev–Trinajstić information content (AvgIpc) is 2.88. The van der Waals surface area contributed by atoms with E-state index >= 15 is 0 Å². The van der Waals surface area contributed by atoms with Gasteiger partial charge in [-0.1, -0.05) is 11.6 Å². The molecule has 0 saturated carbocycles. The van der Waals surface area contributed by atoms with E-state index in [9.17, 15) is 19.1 Å². The Hall–Kier alpha value is -2.58. The van der Waals surface area contributed by atoms with Crippen molar-refractivity contribution >= 4 is 51.1 Å². The first-order valence-corrected chi connectivity index (χ1v) is 8.37. The van der Waals surface area contributed by atoms with Gasteiger partial charge in [-0.15, -0.1) is 0 Å². The lowest BCUT2D eigenvalue weighted by molar-refractivity contribution is -0.117. The molecule has 1 fully saturated rings. The first-order valence-electron chi connectivity index (χ1n) is 7.20. The van der Waals surface area contributed by atoms with Crippen LogP contribution in [0.15, 0.2) is 40.4 Å². The van der Waals surface area contributed by atoms with Crippen molar-refractivity contribution in [3.8, 4) is 11.5 Å². The number of nitrogens with zero attached hydrogens (tertiary/aromatic N) is 1. The fourth-order valence-electron chi connectivity index (χ4n) is 2.36. The van der Waals surface area contributed by atoms with Crippen molar-refractivity contribution in [1.29, 1.82) is 0 Å². The number of anilines is 1. The fraction of sp³-hybridized carbons (Fsp3) is 0.0588. The van der Waals surface area contributed by atoms with Crippen LogP contribution >= 0.6 is 27.5 Å². The lowest BCUT2D eigenvalue weighted by atomic mass is 10.1. The minimum Gasteiger partial charge on any atom is -0.503 e. The molecule has 0 aromatic heterocycles. The summed E-state index contributed by atoms with van der Waals surface area (Å²) in [5.74, 6) is -1.80. The minimum atomic E-state index is -0.634. The van der Waals surface area contributed by atoms with E-state index in [1.807, 2.05) is 0 Å². The number of phenols is 1. The molecule has 26 heavy (non-hydrogen) atoms. The van der Waals surface area contributed by atoms with Crippen molar-refractivity contribution in [2.45, 2.75) is 0 Å². The number of amides is 2. The molecule has 6 nitrogen and oxygen atoms in total. The zero-order valence-corrected chi connectivity index (χ0v) is 15.6. The van der Waals surface area contributed by atoms with Gasteiger partial charge in [-0.25, -0.2) is 9.40 Å². The molecule has 134 valence electrons. The molecule has 1 heterocycles. The summed E-state index contributed by atoms with van der Waals surface area (Å²) in [6, 6.07) is 6.66. The van der Waals surface area contributed by atoms with Gasteiger partial charge >= 0.3 is 0 Å². The molecular formula is C17H11BrClFN2O4. The van der Waals surface area contributed by atoms with Gasteiger partial charge in [-0.2, -0.15) is 0 Å². The molecule has 2 aromatic rings. The zero-order valence-electron chi connectivity index (χ0n) is 13.2. The number of hydrogen-bond donors (Lipinski definition) is 2. The van der Waals surface area contributed by atoms with E-state index in [1.165, 1.54) is 37.5 Å². The Kier molecular flexibility index (Phi) is 4.88. The van der Waals surface area contributed by atoms with Crippen molar-refractivity contribution in [3.63, 3.8) is 0 Å². The molecule has 2 aromatic carbocycles. The summed E-state index contributed by atoms with van der Waals surface area (Å²) in [7, 11) is 1.38. The van der Waals surface area contributed by atoms with E-state index in [0.29, 0.717) is 10.0 Å². The molecule has 0 atom stereocenters. The quantitative estimate of drug-likeness (QED) is 0.565. The summed E-state index contributed by atoms with van der Waals surface area (Å²) < 4.78 is 18.7. The molecule has 0 bridgehead atoms. The average molecular weight is 442 g/mol. The number of carbonyl (C=O) groups is 2. The first-order chi connectivity index (χ1) is 12.3. The van der Waals surface area contributed by atoms with Crippen molar-refractivity contribution in [3.05, 3.63) is 56.8 Å². The number of rotatable bonds is 3. The Morgan fingerprint density at radius 1 is 1.31 bits per heavy atom. The number of benzene rings is 2. The van der Waals surface area contributed by atoms with E-state index in [4.69, 9.17) is 16.3 Å². The van der Waals surface area contributed by atoms with Crippen LogP contribution in [0.5, 0.6) is 11.5 Å². The number of aromatic hydroxyl groups is 1. The predicted octanol–water partition coefficient (Wildman–Crippen LogP) is 3.42. The third kappa shape index (κ3) is 3.25. The standard InChI is InChI=1S/C17H11BrClFN2O4/c1-26-14-6-8(5-11(18)15(14)23)4-10-16(24)21-22(17(10)25)9-2-3-13(20)12(19)7-9/h2-7,23H,1H3,(H,21,24)/b10-4+. The van der Waals surface area contributed by atoms with E-state index in [0.717, 1.165) is 11.1 Å². The number of ether oxygens (including phenoxy) is 1. The van der Waals surface area contributed by atoms with Crippen molar-refractivity contribution in [2.24, 2.45) is 0 Å². The number of nitrogens with one attached hydrogen (secondary N) is 1. The van der Waals surface area contributed by atoms with Gasteiger partial charge in [0.2, 0.25) is 0 Å². The Labute approximate surface area is 160 Å². The lowest BCUT2D eigenvalue weighted by Crippen LogP contribution is -2.35. The molecule has 0 radical (unpaired) electrons. The first kappa shape index (κ1) is 18.2. The summed E-state index contributed by atoms with van der Waals surface area (Å²) >= 11 is 8.90. The van der Waals surface area contributed by atoms with Gasteiger partial charge in [0.15, 0.2) is 11.5 Å². The maximum Gasteiger partial charge on any atom is 0.282 e. The van der Waals surface area contributed by atoms with Gasteiger partial charge < -0.3 is 9.84 Å². The Balaban J connectivity index is 1.98. The molecule has 0 unspecified atom stereocenters. The monoisotopic (exact) mass is 440 g/mol. The lowest BCUT2D eigenvalue weighted by Gasteiger charge is -2.14. The molecule has 2 amide bonds. The highest BCUT2D eigenvalue weighted by Crippen LogP contribution is 2.36. The number of halogens is 3. The molecule has 0 spiro atoms. The summed E-state index contributed by atoms with van der Waals surface area (Å²) in [6.45, 7) is 0. The van der Waals surface area contributed by atoms with E-state index < -0.39 is 17.6 Å². The van der Waals surface area contributed by atoms with Gasteiger partial charge in [0.1, 0.15) is 11.4 Å². The number of carbonyl (C=O) groups excluding carboxylic acids is 2. The fourth-order valence-corrected chi connectivity index (χ4v) is 3.00. The Bertz CT molecular complexity index is 964. The van der Waals surface area contributed by atoms with Crippen LogP contribution < -0.4 is 15.2 Å². The second-order valence-electron chi connectivity index (χ2n) is 5.29. The van der Waals surface area contributed by atoms with Crippen molar-refractivity contribution < 1.29 is 23.8 Å². The predicted molar refractivity (Wildman–Crippen MR) is 97.4 cm³/mol. The third-order valence-corrected chi connectivity index (χ3v) is 4.53. The zero-order chi connectivity index (χ0) is 19.0. The summed E-state index contributed by atoms with van der Waals surface area (Å²) in [5.41, 5.74) is 2.95. The number of hydrazine groups is 1. The van der Waals surface area contributed by atoms with Crippen LogP contribution in [0.25, 0.3) is 6.08 Å². The summed E-state index contributed by atoms with van der Waals surface area (Å²) in [6.07, 6.45) is 1.36. The molecule has 9 heteroatoms. The highest BCUT2D eigenvalue weighted by atomic mass is 79.9. The van der Waals surface area contributed by atoms with Crippen LogP contribution in [0, 0.1) is 5.82 Å². The Morgan fingerprint density at radius 2 is 2.04 bits per heavy atom. The van der Waals surface area contributed by atoms with E-state index in [1.54, 1.807) is 0 Å². The molecule has 1 saturated heterocycles. The highest BCUT2D eigenvalue weighted by Gasteiger charge is 2.34. The maximum atomic E-state index is 13.3. The van der Waals surface area contributed by atoms with Crippen LogP contribution in [0.3, 0.4) is 0 Å². The van der Waals surface area contributed by atoms with Crippen LogP contribution in [-0.4, -0.2) is 24.0 Å². The van der Waals surface area contributed by atoms with Gasteiger partial charge in [0.25, 0.3) is 11.8 Å². The molecule has 1 aliphatic rings. The number of phenolic OH excluding ortho intramolecular Hbond substituents is 1. The van der Waals surface area contributed by atoms with Crippen LogP contribution in [-0.2, 0) is 9.59 Å². The summed E-state index contributed by atoms with van der Waals surface area (Å²) in [5, 5.41) is 10.6. The van der Waals surface area contributed by atoms with E-state index in [2.05, 4.69) is 21.4 Å². The third-order valence-electron chi connectivity index (χ3n) is 3.63. The topological polar surface area (TPSA) is 78.9 Å². The number of methoxy groups -OCH3 is 1. The van der Waals surface area contributed by atoms with Crippen molar-refractivity contribution in [1.82, 2.24) is 5.43 Å². The van der Waals surface area contributed by atoms with Gasteiger partial charge in [-0.3, -0.25) is 15.0 Å². The molecule has 1 aliphatic heterocycles. The van der Waals surface area contributed by atoms with Gasteiger partial charge in [0, 0.05) is 0 Å². The molecular weight excluding hydrogens is 431 g/mol. The van der Waals surface area contributed by atoms with Crippen LogP contribution in [0.1, 0.15) is 5.56 Å². The minimum absolute atomic E-state index is 0.0977. The normalized spacial score (nSPS) is 15.5. The molecule has 2 N–H and O–H groups in total. The van der Waals surface area contributed by atoms with Gasteiger partial charge in [-0.05, 0) is 57.9 Å². The Morgan fingerprint density at radius 3 is 2.69 bits per heavy atom. The molecule has 3 rings (SSSR count). The van der Waals surface area contributed by atoms with Crippen molar-refractivity contribution in [2.75, 3.05) is 12.1 Å². The number of hydrogen-bond acceptors (Lipinski definition) is 4. The second-order valence-corrected chi connectivity index (χ2v) is 6.55. The van der Waals surface area contributed by atoms with Crippen LogP contribution in [0.4, 0.5) is 10.1 Å². The van der Waals surface area contributed by atoms with E-state index in [-0.39, 0.29) is 27.8 Å². The van der Waals surface area contributed by atoms with Crippen LogP contribution in [0.2, 0.25) is 5.02 Å². The highest BCUT2D eigenvalue weighted by molar-refractivity contribution is 9.10. The second kappa shape index (κ2) is 6.97. The SMILES string of the molecule is COc1cc(/C=C2\C(=O)NN(c3ccc(F)c(Cl)c3)C2=O)cc(Br)c1O. The smallest absolute Gasteiger partial charge is 0.282 e. The maximum absolute atomic E-state index is 13.3. The molecule has 0 aliphatic carbocycles. The summed E-state index contributed by atoms with van der Waals surface area (Å²) in [4.78, 5) is 24.8.